The highest BCUT2D eigenvalue weighted by Crippen LogP contribution is 2.20. The van der Waals surface area contributed by atoms with Crippen molar-refractivity contribution < 1.29 is 13.6 Å². The summed E-state index contributed by atoms with van der Waals surface area (Å²) in [6, 6.07) is 3.37. The quantitative estimate of drug-likeness (QED) is 0.717. The molecule has 1 aliphatic rings. The van der Waals surface area contributed by atoms with Crippen LogP contribution in [0.5, 0.6) is 0 Å². The van der Waals surface area contributed by atoms with Crippen LogP contribution in [0.1, 0.15) is 12.0 Å². The van der Waals surface area contributed by atoms with Crippen LogP contribution in [0.25, 0.3) is 0 Å². The van der Waals surface area contributed by atoms with Gasteiger partial charge in [-0.15, -0.1) is 11.6 Å². The molecular weight excluding hydrogens is 224 g/mol. The van der Waals surface area contributed by atoms with Gasteiger partial charge in [0.25, 0.3) is 0 Å². The first kappa shape index (κ1) is 10.4. The Hall–Kier alpha value is -1.16. The molecular formula is C10H8ClF2NO. The second-order valence-electron chi connectivity index (χ2n) is 3.25. The molecule has 1 aliphatic heterocycles. The van der Waals surface area contributed by atoms with Gasteiger partial charge in [0.05, 0.1) is 11.6 Å². The third-order valence-electron chi connectivity index (χ3n) is 2.15. The maximum absolute atomic E-state index is 13.3. The Kier molecular flexibility index (Phi) is 2.86. The van der Waals surface area contributed by atoms with Gasteiger partial charge in [-0.1, -0.05) is 5.16 Å². The lowest BCUT2D eigenvalue weighted by Gasteiger charge is -2.02. The summed E-state index contributed by atoms with van der Waals surface area (Å²) in [5, 5.41) is 3.72. The van der Waals surface area contributed by atoms with Crippen molar-refractivity contribution in [3.05, 3.63) is 35.4 Å². The molecule has 0 saturated heterocycles. The highest BCUT2D eigenvalue weighted by molar-refractivity contribution is 6.18. The van der Waals surface area contributed by atoms with E-state index in [1.54, 1.807) is 0 Å². The largest absolute Gasteiger partial charge is 0.391 e. The fraction of sp³-hybridized carbons (Fsp3) is 0.300. The third kappa shape index (κ3) is 2.09. The van der Waals surface area contributed by atoms with Crippen LogP contribution in [0, 0.1) is 11.6 Å². The van der Waals surface area contributed by atoms with Crippen molar-refractivity contribution >= 4 is 17.3 Å². The zero-order chi connectivity index (χ0) is 10.8. The van der Waals surface area contributed by atoms with Gasteiger partial charge in [0.15, 0.2) is 0 Å². The average Bonchev–Trinajstić information content (AvgIpc) is 2.66. The van der Waals surface area contributed by atoms with Gasteiger partial charge in [-0.25, -0.2) is 8.78 Å². The minimum absolute atomic E-state index is 0.217. The lowest BCUT2D eigenvalue weighted by molar-refractivity contribution is 0.102. The minimum atomic E-state index is -0.632. The Balaban J connectivity index is 2.24. The van der Waals surface area contributed by atoms with E-state index in [0.717, 1.165) is 6.07 Å². The zero-order valence-corrected chi connectivity index (χ0v) is 8.47. The van der Waals surface area contributed by atoms with E-state index in [2.05, 4.69) is 5.16 Å². The average molecular weight is 232 g/mol. The third-order valence-corrected chi connectivity index (χ3v) is 2.49. The SMILES string of the molecule is Fc1ccc(C2=NOC(CCl)C2)c(F)c1. The Bertz CT molecular complexity index is 408. The first-order valence-electron chi connectivity index (χ1n) is 4.45. The molecule has 2 nitrogen and oxygen atoms in total. The molecule has 0 aromatic heterocycles. The molecule has 0 aliphatic carbocycles. The first-order chi connectivity index (χ1) is 7.20. The summed E-state index contributed by atoms with van der Waals surface area (Å²) >= 11 is 5.57. The topological polar surface area (TPSA) is 21.6 Å². The lowest BCUT2D eigenvalue weighted by atomic mass is 10.1. The van der Waals surface area contributed by atoms with E-state index < -0.39 is 11.6 Å². The summed E-state index contributed by atoms with van der Waals surface area (Å²) in [6.07, 6.45) is 0.234. The highest BCUT2D eigenvalue weighted by Gasteiger charge is 2.23. The van der Waals surface area contributed by atoms with Gasteiger partial charge >= 0.3 is 0 Å². The Morgan fingerprint density at radius 1 is 1.47 bits per heavy atom. The molecule has 0 radical (unpaired) electrons. The number of hydrogen-bond acceptors (Lipinski definition) is 2. The van der Waals surface area contributed by atoms with Gasteiger partial charge in [0, 0.05) is 18.1 Å². The predicted octanol–water partition coefficient (Wildman–Crippen LogP) is 2.70. The number of nitrogens with zero attached hydrogens (tertiary/aromatic N) is 1. The van der Waals surface area contributed by atoms with Crippen molar-refractivity contribution in [3.63, 3.8) is 0 Å². The van der Waals surface area contributed by atoms with E-state index in [9.17, 15) is 8.78 Å². The summed E-state index contributed by atoms with van der Waals surface area (Å²) < 4.78 is 26.0. The van der Waals surface area contributed by atoms with Gasteiger partial charge < -0.3 is 4.84 Å². The van der Waals surface area contributed by atoms with E-state index in [1.807, 2.05) is 0 Å². The second kappa shape index (κ2) is 4.14. The number of rotatable bonds is 2. The molecule has 0 N–H and O–H groups in total. The highest BCUT2D eigenvalue weighted by atomic mass is 35.5. The molecule has 1 heterocycles. The maximum atomic E-state index is 13.3. The molecule has 1 aromatic carbocycles. The van der Waals surface area contributed by atoms with Crippen LogP contribution < -0.4 is 0 Å². The second-order valence-corrected chi connectivity index (χ2v) is 3.56. The standard InChI is InChI=1S/C10H8ClF2NO/c11-5-7-4-10(14-15-7)8-2-1-6(12)3-9(8)13/h1-3,7H,4-5H2. The van der Waals surface area contributed by atoms with Crippen LogP contribution in [0.2, 0.25) is 0 Å². The van der Waals surface area contributed by atoms with Gasteiger partial charge in [-0.2, -0.15) is 0 Å². The van der Waals surface area contributed by atoms with E-state index in [4.69, 9.17) is 16.4 Å². The molecule has 1 atom stereocenters. The normalized spacial score (nSPS) is 19.9. The number of halogens is 3. The Labute approximate surface area is 90.5 Å². The van der Waals surface area contributed by atoms with Gasteiger partial charge in [0.2, 0.25) is 0 Å². The van der Waals surface area contributed by atoms with Crippen LogP contribution in [0.4, 0.5) is 8.78 Å². The van der Waals surface area contributed by atoms with Crippen LogP contribution in [0.3, 0.4) is 0 Å². The van der Waals surface area contributed by atoms with E-state index in [1.165, 1.54) is 12.1 Å². The summed E-state index contributed by atoms with van der Waals surface area (Å²) in [5.41, 5.74) is 0.738. The molecule has 15 heavy (non-hydrogen) atoms. The van der Waals surface area contributed by atoms with Gasteiger partial charge in [-0.05, 0) is 12.1 Å². The fourth-order valence-electron chi connectivity index (χ4n) is 1.39. The molecule has 1 unspecified atom stereocenters. The van der Waals surface area contributed by atoms with Crippen molar-refractivity contribution in [2.75, 3.05) is 5.88 Å². The molecule has 2 rings (SSSR count). The van der Waals surface area contributed by atoms with Crippen molar-refractivity contribution in [3.8, 4) is 0 Å². The summed E-state index contributed by atoms with van der Waals surface area (Å²) in [6.45, 7) is 0. The maximum Gasteiger partial charge on any atom is 0.146 e. The van der Waals surface area contributed by atoms with Crippen molar-refractivity contribution in [1.29, 1.82) is 0 Å². The smallest absolute Gasteiger partial charge is 0.146 e. The molecule has 80 valence electrons. The van der Waals surface area contributed by atoms with E-state index >= 15 is 0 Å². The zero-order valence-electron chi connectivity index (χ0n) is 7.71. The molecule has 0 fully saturated rings. The number of benzene rings is 1. The molecule has 0 bridgehead atoms. The molecule has 0 amide bonds. The summed E-state index contributed by atoms with van der Waals surface area (Å²) in [7, 11) is 0. The minimum Gasteiger partial charge on any atom is -0.391 e. The van der Waals surface area contributed by atoms with E-state index in [-0.39, 0.29) is 11.7 Å². The number of alkyl halides is 1. The van der Waals surface area contributed by atoms with Gasteiger partial charge in [-0.3, -0.25) is 0 Å². The molecule has 5 heteroatoms. The first-order valence-corrected chi connectivity index (χ1v) is 4.98. The van der Waals surface area contributed by atoms with Crippen molar-refractivity contribution in [2.45, 2.75) is 12.5 Å². The monoisotopic (exact) mass is 231 g/mol. The van der Waals surface area contributed by atoms with Crippen molar-refractivity contribution in [2.24, 2.45) is 5.16 Å². The Morgan fingerprint density at radius 3 is 2.87 bits per heavy atom. The number of oxime groups is 1. The summed E-state index contributed by atoms with van der Waals surface area (Å²) in [4.78, 5) is 4.95. The van der Waals surface area contributed by atoms with Crippen LogP contribution in [0.15, 0.2) is 23.4 Å². The van der Waals surface area contributed by atoms with Crippen LogP contribution in [-0.4, -0.2) is 17.7 Å². The molecule has 1 aromatic rings. The fourth-order valence-corrected chi connectivity index (χ4v) is 1.56. The predicted molar refractivity (Wildman–Crippen MR) is 53.1 cm³/mol. The van der Waals surface area contributed by atoms with Crippen LogP contribution >= 0.6 is 11.6 Å². The van der Waals surface area contributed by atoms with E-state index in [0.29, 0.717) is 18.0 Å². The Morgan fingerprint density at radius 2 is 2.27 bits per heavy atom. The van der Waals surface area contributed by atoms with Crippen LogP contribution in [-0.2, 0) is 4.84 Å². The van der Waals surface area contributed by atoms with Gasteiger partial charge in [0.1, 0.15) is 17.7 Å². The molecule has 0 spiro atoms. The van der Waals surface area contributed by atoms with Crippen molar-refractivity contribution in [1.82, 2.24) is 0 Å². The summed E-state index contributed by atoms with van der Waals surface area (Å²) in [5.74, 6) is -0.937. The molecule has 0 saturated carbocycles. The number of hydrogen-bond donors (Lipinski definition) is 0. The lowest BCUT2D eigenvalue weighted by Crippen LogP contribution is -2.10.